The maximum Gasteiger partial charge on any atom is 0.246 e. The van der Waals surface area contributed by atoms with Gasteiger partial charge < -0.3 is 10.2 Å². The molecule has 148 valence electrons. The van der Waals surface area contributed by atoms with Crippen molar-refractivity contribution in [1.82, 2.24) is 9.88 Å². The molecule has 0 saturated carbocycles. The van der Waals surface area contributed by atoms with Crippen LogP contribution in [0, 0.1) is 0 Å². The highest BCUT2D eigenvalue weighted by atomic mass is 35.5. The molecule has 0 radical (unpaired) electrons. The number of nitrogens with zero attached hydrogens (tertiary/aromatic N) is 2. The molecule has 1 aromatic carbocycles. The van der Waals surface area contributed by atoms with Gasteiger partial charge in [0.1, 0.15) is 5.82 Å². The first-order chi connectivity index (χ1) is 14.1. The molecule has 2 aromatic rings. The van der Waals surface area contributed by atoms with Gasteiger partial charge in [-0.1, -0.05) is 29.8 Å². The Morgan fingerprint density at radius 2 is 2.00 bits per heavy atom. The molecule has 2 aliphatic heterocycles. The quantitative estimate of drug-likeness (QED) is 0.770. The zero-order valence-electron chi connectivity index (χ0n) is 16.0. The number of anilines is 1. The van der Waals surface area contributed by atoms with E-state index in [0.717, 1.165) is 41.1 Å². The molecule has 0 bridgehead atoms. The van der Waals surface area contributed by atoms with Crippen LogP contribution >= 0.6 is 11.6 Å². The van der Waals surface area contributed by atoms with Gasteiger partial charge in [0.25, 0.3) is 0 Å². The highest BCUT2D eigenvalue weighted by molar-refractivity contribution is 6.30. The van der Waals surface area contributed by atoms with Gasteiger partial charge in [-0.3, -0.25) is 9.59 Å². The van der Waals surface area contributed by atoms with Gasteiger partial charge in [0.05, 0.1) is 0 Å². The Hall–Kier alpha value is -2.92. The molecule has 29 heavy (non-hydrogen) atoms. The molecule has 1 aromatic heterocycles. The Bertz CT molecular complexity index is 996. The van der Waals surface area contributed by atoms with E-state index in [-0.39, 0.29) is 11.8 Å². The summed E-state index contributed by atoms with van der Waals surface area (Å²) in [6, 6.07) is 9.82. The summed E-state index contributed by atoms with van der Waals surface area (Å²) in [7, 11) is 0. The molecular formula is C23H22ClN3O2. The molecule has 0 fully saturated rings. The first-order valence-electron chi connectivity index (χ1n) is 9.79. The van der Waals surface area contributed by atoms with Gasteiger partial charge in [-0.2, -0.15) is 0 Å². The Labute approximate surface area is 175 Å². The van der Waals surface area contributed by atoms with Crippen LogP contribution in [-0.2, 0) is 16.0 Å². The third-order valence-corrected chi connectivity index (χ3v) is 5.50. The minimum absolute atomic E-state index is 0.00402. The van der Waals surface area contributed by atoms with Crippen LogP contribution in [0.25, 0.3) is 11.6 Å². The number of nitrogens with one attached hydrogen (secondary N) is 1. The maximum absolute atomic E-state index is 12.7. The summed E-state index contributed by atoms with van der Waals surface area (Å²) in [5, 5.41) is 3.49. The number of fused-ring (bicyclic) bond motifs is 1. The topological polar surface area (TPSA) is 62.3 Å². The average molecular weight is 408 g/mol. The lowest BCUT2D eigenvalue weighted by molar-refractivity contribution is -0.125. The molecule has 0 unspecified atom stereocenters. The van der Waals surface area contributed by atoms with E-state index in [1.54, 1.807) is 18.3 Å². The standard InChI is InChI=1S/C23H22ClN3O2/c24-20-7-4-18(5-8-20)17-2-1-12-27(13-11-17)22(29)10-3-16-14-19-6-9-21(28)26-23(19)25-15-16/h3-5,7-8,10-11,14-15H,1-2,6,9,12-13H2,(H,25,26,28). The second kappa shape index (κ2) is 8.62. The Morgan fingerprint density at radius 1 is 1.17 bits per heavy atom. The third kappa shape index (κ3) is 4.74. The number of carbonyl (C=O) groups excluding carboxylic acids is 2. The zero-order chi connectivity index (χ0) is 20.2. The number of rotatable bonds is 3. The molecule has 2 aliphatic rings. The number of benzene rings is 1. The lowest BCUT2D eigenvalue weighted by Crippen LogP contribution is -2.29. The van der Waals surface area contributed by atoms with Crippen molar-refractivity contribution < 1.29 is 9.59 Å². The number of pyridine rings is 1. The normalized spacial score (nSPS) is 16.8. The summed E-state index contributed by atoms with van der Waals surface area (Å²) in [6.45, 7) is 1.32. The molecular weight excluding hydrogens is 386 g/mol. The molecule has 6 heteroatoms. The molecule has 0 saturated heterocycles. The highest BCUT2D eigenvalue weighted by Crippen LogP contribution is 2.25. The van der Waals surface area contributed by atoms with Crippen molar-refractivity contribution in [2.75, 3.05) is 18.4 Å². The Balaban J connectivity index is 1.42. The van der Waals surface area contributed by atoms with Gasteiger partial charge in [-0.25, -0.2) is 4.98 Å². The van der Waals surface area contributed by atoms with Crippen LogP contribution in [0.5, 0.6) is 0 Å². The summed E-state index contributed by atoms with van der Waals surface area (Å²) in [5.74, 6) is 0.609. The molecule has 1 N–H and O–H groups in total. The van der Waals surface area contributed by atoms with E-state index >= 15 is 0 Å². The van der Waals surface area contributed by atoms with E-state index in [1.807, 2.05) is 35.2 Å². The molecule has 0 aliphatic carbocycles. The second-order valence-electron chi connectivity index (χ2n) is 7.28. The lowest BCUT2D eigenvalue weighted by atomic mass is 10.0. The van der Waals surface area contributed by atoms with Crippen LogP contribution < -0.4 is 5.32 Å². The van der Waals surface area contributed by atoms with Crippen molar-refractivity contribution in [2.45, 2.75) is 25.7 Å². The average Bonchev–Trinajstić information content (AvgIpc) is 2.99. The first-order valence-corrected chi connectivity index (χ1v) is 10.2. The van der Waals surface area contributed by atoms with Gasteiger partial charge in [-0.15, -0.1) is 0 Å². The summed E-state index contributed by atoms with van der Waals surface area (Å²) in [4.78, 5) is 30.2. The van der Waals surface area contributed by atoms with Gasteiger partial charge in [0.15, 0.2) is 0 Å². The summed E-state index contributed by atoms with van der Waals surface area (Å²) in [5.41, 5.74) is 4.28. The van der Waals surface area contributed by atoms with Gasteiger partial charge in [0, 0.05) is 36.8 Å². The van der Waals surface area contributed by atoms with Crippen LogP contribution in [0.3, 0.4) is 0 Å². The number of hydrogen-bond acceptors (Lipinski definition) is 3. The van der Waals surface area contributed by atoms with Crippen LogP contribution in [-0.4, -0.2) is 34.8 Å². The van der Waals surface area contributed by atoms with Crippen molar-refractivity contribution >= 4 is 40.9 Å². The smallest absolute Gasteiger partial charge is 0.246 e. The van der Waals surface area contributed by atoms with Crippen molar-refractivity contribution in [1.29, 1.82) is 0 Å². The van der Waals surface area contributed by atoms with E-state index in [1.165, 1.54) is 5.57 Å². The minimum Gasteiger partial charge on any atom is -0.335 e. The largest absolute Gasteiger partial charge is 0.335 e. The molecule has 0 atom stereocenters. The van der Waals surface area contributed by atoms with E-state index < -0.39 is 0 Å². The van der Waals surface area contributed by atoms with Crippen LogP contribution in [0.15, 0.2) is 48.7 Å². The fourth-order valence-corrected chi connectivity index (χ4v) is 3.77. The molecule has 2 amide bonds. The van der Waals surface area contributed by atoms with Crippen LogP contribution in [0.1, 0.15) is 36.0 Å². The van der Waals surface area contributed by atoms with Crippen molar-refractivity contribution in [3.05, 3.63) is 70.4 Å². The van der Waals surface area contributed by atoms with Gasteiger partial charge in [-0.05, 0) is 65.8 Å². The second-order valence-corrected chi connectivity index (χ2v) is 7.72. The minimum atomic E-state index is -0.00960. The predicted molar refractivity (Wildman–Crippen MR) is 115 cm³/mol. The zero-order valence-corrected chi connectivity index (χ0v) is 16.8. The number of aromatic nitrogens is 1. The van der Waals surface area contributed by atoms with E-state index in [2.05, 4.69) is 16.4 Å². The SMILES string of the molecule is O=C1CCc2cc(C=CC(=O)N3CC=C(c4ccc(Cl)cc4)CCC3)cnc2N1. The van der Waals surface area contributed by atoms with E-state index in [0.29, 0.717) is 25.2 Å². The number of hydrogen-bond donors (Lipinski definition) is 1. The predicted octanol–water partition coefficient (Wildman–Crippen LogP) is 4.34. The first kappa shape index (κ1) is 19.4. The number of aryl methyl sites for hydroxylation is 1. The third-order valence-electron chi connectivity index (χ3n) is 5.24. The lowest BCUT2D eigenvalue weighted by Gasteiger charge is -2.17. The number of allylic oxidation sites excluding steroid dienone is 1. The van der Waals surface area contributed by atoms with Gasteiger partial charge in [0.2, 0.25) is 11.8 Å². The summed E-state index contributed by atoms with van der Waals surface area (Å²) in [6.07, 6.45) is 10.2. The Morgan fingerprint density at radius 3 is 2.83 bits per heavy atom. The fourth-order valence-electron chi connectivity index (χ4n) is 3.64. The number of halogens is 1. The fraction of sp³-hybridized carbons (Fsp3) is 0.261. The molecule has 4 rings (SSSR count). The van der Waals surface area contributed by atoms with E-state index in [4.69, 9.17) is 11.6 Å². The summed E-state index contributed by atoms with van der Waals surface area (Å²) >= 11 is 5.98. The monoisotopic (exact) mass is 407 g/mol. The van der Waals surface area contributed by atoms with E-state index in [9.17, 15) is 9.59 Å². The maximum atomic E-state index is 12.7. The molecule has 5 nitrogen and oxygen atoms in total. The molecule has 0 spiro atoms. The van der Waals surface area contributed by atoms with Gasteiger partial charge >= 0.3 is 0 Å². The molecule has 3 heterocycles. The van der Waals surface area contributed by atoms with Crippen LogP contribution in [0.4, 0.5) is 5.82 Å². The Kier molecular flexibility index (Phi) is 5.76. The van der Waals surface area contributed by atoms with Crippen molar-refractivity contribution in [3.63, 3.8) is 0 Å². The van der Waals surface area contributed by atoms with Crippen molar-refractivity contribution in [3.8, 4) is 0 Å². The highest BCUT2D eigenvalue weighted by Gasteiger charge is 2.17. The number of carbonyl (C=O) groups is 2. The number of amides is 2. The summed E-state index contributed by atoms with van der Waals surface area (Å²) < 4.78 is 0. The van der Waals surface area contributed by atoms with Crippen molar-refractivity contribution in [2.24, 2.45) is 0 Å². The van der Waals surface area contributed by atoms with Crippen LogP contribution in [0.2, 0.25) is 5.02 Å².